The van der Waals surface area contributed by atoms with E-state index in [1.54, 1.807) is 18.4 Å². The highest BCUT2D eigenvalue weighted by Gasteiger charge is 2.28. The zero-order chi connectivity index (χ0) is 20.7. The van der Waals surface area contributed by atoms with E-state index in [0.717, 1.165) is 46.3 Å². The minimum absolute atomic E-state index is 0.115. The molecule has 2 aliphatic heterocycles. The van der Waals surface area contributed by atoms with Gasteiger partial charge in [0.05, 0.1) is 17.7 Å². The number of aryl methyl sites for hydroxylation is 1. The van der Waals surface area contributed by atoms with Gasteiger partial charge in [-0.05, 0) is 36.8 Å². The Bertz CT molecular complexity index is 1100. The predicted octanol–water partition coefficient (Wildman–Crippen LogP) is 4.59. The SMILES string of the molecule is COc1ccccc1N1CCN(C(=O)c2cc3c(s2)-c2c(C)cccc2OC3)CC1. The van der Waals surface area contributed by atoms with Gasteiger partial charge >= 0.3 is 0 Å². The Hall–Kier alpha value is -2.99. The van der Waals surface area contributed by atoms with Crippen LogP contribution in [-0.2, 0) is 6.61 Å². The van der Waals surface area contributed by atoms with E-state index in [9.17, 15) is 4.79 Å². The topological polar surface area (TPSA) is 42.0 Å². The Morgan fingerprint density at radius 3 is 2.67 bits per heavy atom. The third-order valence-electron chi connectivity index (χ3n) is 5.86. The van der Waals surface area contributed by atoms with Gasteiger partial charge in [0.25, 0.3) is 5.91 Å². The standard InChI is InChI=1S/C24H24N2O3S/c1-16-6-5-9-20-22(16)23-17(15-29-20)14-21(30-23)24(27)26-12-10-25(11-13-26)18-7-3-4-8-19(18)28-2/h3-9,14H,10-13,15H2,1-2H3. The van der Waals surface area contributed by atoms with Gasteiger partial charge in [0.2, 0.25) is 0 Å². The fraction of sp³-hybridized carbons (Fsp3) is 0.292. The number of carbonyl (C=O) groups excluding carboxylic acids is 1. The molecule has 5 rings (SSSR count). The molecular weight excluding hydrogens is 396 g/mol. The van der Waals surface area contributed by atoms with Crippen molar-refractivity contribution in [3.63, 3.8) is 0 Å². The van der Waals surface area contributed by atoms with Gasteiger partial charge in [-0.1, -0.05) is 24.3 Å². The van der Waals surface area contributed by atoms with Crippen LogP contribution in [0.15, 0.2) is 48.5 Å². The zero-order valence-corrected chi connectivity index (χ0v) is 18.0. The van der Waals surface area contributed by atoms with E-state index in [4.69, 9.17) is 9.47 Å². The molecule has 2 aromatic carbocycles. The molecule has 0 aliphatic carbocycles. The van der Waals surface area contributed by atoms with Crippen LogP contribution in [0.25, 0.3) is 10.4 Å². The summed E-state index contributed by atoms with van der Waals surface area (Å²) in [6.45, 7) is 5.61. The number of rotatable bonds is 3. The smallest absolute Gasteiger partial charge is 0.264 e. The number of anilines is 1. The molecule has 6 heteroatoms. The molecule has 2 aliphatic rings. The minimum Gasteiger partial charge on any atom is -0.495 e. The van der Waals surface area contributed by atoms with E-state index in [-0.39, 0.29) is 5.91 Å². The highest BCUT2D eigenvalue weighted by atomic mass is 32.1. The van der Waals surface area contributed by atoms with Crippen molar-refractivity contribution in [2.45, 2.75) is 13.5 Å². The van der Waals surface area contributed by atoms with Gasteiger partial charge in [-0.3, -0.25) is 4.79 Å². The lowest BCUT2D eigenvalue weighted by Crippen LogP contribution is -2.48. The summed E-state index contributed by atoms with van der Waals surface area (Å²) in [6, 6.07) is 16.2. The molecule has 5 nitrogen and oxygen atoms in total. The monoisotopic (exact) mass is 420 g/mol. The first-order valence-electron chi connectivity index (χ1n) is 10.2. The molecule has 0 atom stereocenters. The normalized spacial score (nSPS) is 15.3. The van der Waals surface area contributed by atoms with E-state index >= 15 is 0 Å². The van der Waals surface area contributed by atoms with Gasteiger partial charge in [0, 0.05) is 42.2 Å². The molecule has 30 heavy (non-hydrogen) atoms. The van der Waals surface area contributed by atoms with Crippen molar-refractivity contribution in [2.75, 3.05) is 38.2 Å². The highest BCUT2D eigenvalue weighted by molar-refractivity contribution is 7.17. The number of fused-ring (bicyclic) bond motifs is 3. The van der Waals surface area contributed by atoms with Crippen molar-refractivity contribution in [2.24, 2.45) is 0 Å². The summed E-state index contributed by atoms with van der Waals surface area (Å²) in [7, 11) is 1.70. The average Bonchev–Trinajstić information content (AvgIpc) is 3.23. The molecule has 1 amide bonds. The van der Waals surface area contributed by atoms with E-state index in [0.29, 0.717) is 19.7 Å². The highest BCUT2D eigenvalue weighted by Crippen LogP contribution is 2.44. The first-order valence-corrected chi connectivity index (χ1v) is 11.0. The Kier molecular flexibility index (Phi) is 4.87. The van der Waals surface area contributed by atoms with Crippen molar-refractivity contribution in [1.82, 2.24) is 4.90 Å². The maximum Gasteiger partial charge on any atom is 0.264 e. The molecule has 0 radical (unpaired) electrons. The second kappa shape index (κ2) is 7.69. The summed E-state index contributed by atoms with van der Waals surface area (Å²) in [5.74, 6) is 1.90. The van der Waals surface area contributed by atoms with Crippen LogP contribution in [0, 0.1) is 6.92 Å². The van der Waals surface area contributed by atoms with Crippen LogP contribution in [-0.4, -0.2) is 44.1 Å². The van der Waals surface area contributed by atoms with Crippen molar-refractivity contribution >= 4 is 22.9 Å². The van der Waals surface area contributed by atoms with Crippen molar-refractivity contribution in [1.29, 1.82) is 0 Å². The summed E-state index contributed by atoms with van der Waals surface area (Å²) in [6.07, 6.45) is 0. The summed E-state index contributed by atoms with van der Waals surface area (Å²) >= 11 is 1.59. The fourth-order valence-electron chi connectivity index (χ4n) is 4.26. The van der Waals surface area contributed by atoms with Crippen molar-refractivity contribution in [3.8, 4) is 21.9 Å². The predicted molar refractivity (Wildman–Crippen MR) is 120 cm³/mol. The average molecular weight is 421 g/mol. The van der Waals surface area contributed by atoms with Gasteiger partial charge < -0.3 is 19.3 Å². The number of methoxy groups -OCH3 is 1. The fourth-order valence-corrected chi connectivity index (χ4v) is 5.51. The second-order valence-electron chi connectivity index (χ2n) is 7.65. The van der Waals surface area contributed by atoms with Crippen LogP contribution in [0.4, 0.5) is 5.69 Å². The molecule has 0 unspecified atom stereocenters. The molecular formula is C24H24N2O3S. The van der Waals surface area contributed by atoms with Crippen LogP contribution in [0.2, 0.25) is 0 Å². The summed E-state index contributed by atoms with van der Waals surface area (Å²) < 4.78 is 11.4. The molecule has 0 saturated carbocycles. The number of carbonyl (C=O) groups is 1. The van der Waals surface area contributed by atoms with Crippen LogP contribution in [0.5, 0.6) is 11.5 Å². The molecule has 0 N–H and O–H groups in total. The number of para-hydroxylation sites is 2. The largest absolute Gasteiger partial charge is 0.495 e. The lowest BCUT2D eigenvalue weighted by atomic mass is 10.0. The maximum absolute atomic E-state index is 13.2. The molecule has 0 bridgehead atoms. The van der Waals surface area contributed by atoms with Crippen molar-refractivity contribution in [3.05, 3.63) is 64.5 Å². The van der Waals surface area contributed by atoms with Gasteiger partial charge in [0.1, 0.15) is 18.1 Å². The molecule has 3 heterocycles. The number of amides is 1. The van der Waals surface area contributed by atoms with Gasteiger partial charge in [-0.25, -0.2) is 0 Å². The lowest BCUT2D eigenvalue weighted by Gasteiger charge is -2.36. The Morgan fingerprint density at radius 2 is 1.87 bits per heavy atom. The van der Waals surface area contributed by atoms with E-state index < -0.39 is 0 Å². The number of piperazine rings is 1. The second-order valence-corrected chi connectivity index (χ2v) is 8.71. The Morgan fingerprint density at radius 1 is 1.07 bits per heavy atom. The quantitative estimate of drug-likeness (QED) is 0.622. The summed E-state index contributed by atoms with van der Waals surface area (Å²) in [5.41, 5.74) is 4.50. The molecule has 1 saturated heterocycles. The third kappa shape index (κ3) is 3.21. The minimum atomic E-state index is 0.115. The van der Waals surface area contributed by atoms with E-state index in [1.165, 1.54) is 10.4 Å². The van der Waals surface area contributed by atoms with Gasteiger partial charge in [-0.2, -0.15) is 0 Å². The molecule has 154 valence electrons. The Labute approximate surface area is 180 Å². The number of benzene rings is 2. The van der Waals surface area contributed by atoms with Crippen LogP contribution in [0.1, 0.15) is 20.8 Å². The number of nitrogens with zero attached hydrogens (tertiary/aromatic N) is 2. The van der Waals surface area contributed by atoms with Crippen LogP contribution < -0.4 is 14.4 Å². The number of hydrogen-bond donors (Lipinski definition) is 0. The van der Waals surface area contributed by atoms with Gasteiger partial charge in [0.15, 0.2) is 0 Å². The van der Waals surface area contributed by atoms with Crippen molar-refractivity contribution < 1.29 is 14.3 Å². The molecule has 3 aromatic rings. The van der Waals surface area contributed by atoms with Crippen LogP contribution in [0.3, 0.4) is 0 Å². The summed E-state index contributed by atoms with van der Waals surface area (Å²) in [5, 5.41) is 0. The maximum atomic E-state index is 13.2. The lowest BCUT2D eigenvalue weighted by molar-refractivity contribution is 0.0751. The molecule has 0 spiro atoms. The molecule has 1 fully saturated rings. The number of thiophene rings is 1. The first kappa shape index (κ1) is 19.0. The zero-order valence-electron chi connectivity index (χ0n) is 17.2. The molecule has 1 aromatic heterocycles. The number of hydrogen-bond acceptors (Lipinski definition) is 5. The van der Waals surface area contributed by atoms with Crippen LogP contribution >= 0.6 is 11.3 Å². The Balaban J connectivity index is 1.33. The third-order valence-corrected chi connectivity index (χ3v) is 7.04. The van der Waals surface area contributed by atoms with E-state index in [1.807, 2.05) is 41.3 Å². The van der Waals surface area contributed by atoms with Gasteiger partial charge in [-0.15, -0.1) is 11.3 Å². The summed E-state index contributed by atoms with van der Waals surface area (Å²) in [4.78, 5) is 19.4. The van der Waals surface area contributed by atoms with E-state index in [2.05, 4.69) is 24.0 Å². The first-order chi connectivity index (χ1) is 14.7. The number of ether oxygens (including phenoxy) is 2.